The minimum Gasteiger partial charge on any atom is -0.481 e. The van der Waals surface area contributed by atoms with E-state index in [9.17, 15) is 4.21 Å². The molecule has 2 rings (SSSR count). The Labute approximate surface area is 170 Å². The van der Waals surface area contributed by atoms with Crippen LogP contribution in [-0.2, 0) is 17.3 Å². The molecule has 3 unspecified atom stereocenters. The number of halogens is 1. The molecule has 1 heterocycles. The van der Waals surface area contributed by atoms with Crippen LogP contribution >= 0.6 is 24.0 Å². The van der Waals surface area contributed by atoms with Crippen LogP contribution < -0.4 is 15.4 Å². The van der Waals surface area contributed by atoms with Crippen molar-refractivity contribution in [2.45, 2.75) is 50.4 Å². The maximum atomic E-state index is 12.1. The van der Waals surface area contributed by atoms with Gasteiger partial charge in [0.1, 0.15) is 0 Å². The second-order valence-electron chi connectivity index (χ2n) is 5.90. The van der Waals surface area contributed by atoms with E-state index in [4.69, 9.17) is 4.74 Å². The van der Waals surface area contributed by atoms with Crippen LogP contribution in [0.1, 0.15) is 38.2 Å². The molecular weight excluding hydrogens is 451 g/mol. The second-order valence-corrected chi connectivity index (χ2v) is 7.90. The van der Waals surface area contributed by atoms with E-state index in [2.05, 4.69) is 20.6 Å². The Hall–Kier alpha value is -0.900. The lowest BCUT2D eigenvalue weighted by molar-refractivity contribution is 0.391. The van der Waals surface area contributed by atoms with Gasteiger partial charge in [0.05, 0.1) is 7.11 Å². The monoisotopic (exact) mass is 480 g/mol. The molecule has 25 heavy (non-hydrogen) atoms. The smallest absolute Gasteiger partial charge is 0.218 e. The van der Waals surface area contributed by atoms with E-state index < -0.39 is 10.8 Å². The molecule has 2 N–H and O–H groups in total. The first kappa shape index (κ1) is 22.1. The fourth-order valence-corrected chi connectivity index (χ4v) is 4.41. The summed E-state index contributed by atoms with van der Waals surface area (Å²) >= 11 is 0. The number of hydrogen-bond donors (Lipinski definition) is 2. The molecule has 0 saturated heterocycles. The van der Waals surface area contributed by atoms with Crippen LogP contribution in [0.15, 0.2) is 23.3 Å². The molecule has 1 saturated carbocycles. The van der Waals surface area contributed by atoms with Crippen molar-refractivity contribution in [3.63, 3.8) is 0 Å². The van der Waals surface area contributed by atoms with Crippen LogP contribution in [0.25, 0.3) is 0 Å². The number of pyridine rings is 1. The third-order valence-electron chi connectivity index (χ3n) is 4.34. The molecule has 1 aromatic rings. The predicted molar refractivity (Wildman–Crippen MR) is 114 cm³/mol. The number of nitrogens with one attached hydrogen (secondary N) is 2. The summed E-state index contributed by atoms with van der Waals surface area (Å²) in [5.41, 5.74) is 0.983. The number of ether oxygens (including phenoxy) is 1. The Kier molecular flexibility index (Phi) is 10.3. The van der Waals surface area contributed by atoms with Gasteiger partial charge in [-0.2, -0.15) is 0 Å². The maximum Gasteiger partial charge on any atom is 0.218 e. The zero-order valence-electron chi connectivity index (χ0n) is 15.2. The van der Waals surface area contributed by atoms with Crippen molar-refractivity contribution in [2.24, 2.45) is 4.99 Å². The fraction of sp³-hybridized carbons (Fsp3) is 0.647. The van der Waals surface area contributed by atoms with Gasteiger partial charge in [0.25, 0.3) is 0 Å². The molecule has 1 fully saturated rings. The number of hydrogen-bond acceptors (Lipinski definition) is 4. The molecular formula is C17H29IN4O2S. The highest BCUT2D eigenvalue weighted by molar-refractivity contribution is 14.0. The van der Waals surface area contributed by atoms with Gasteiger partial charge in [0.15, 0.2) is 5.96 Å². The van der Waals surface area contributed by atoms with Gasteiger partial charge in [0, 0.05) is 53.2 Å². The van der Waals surface area contributed by atoms with Crippen LogP contribution in [-0.4, -0.2) is 46.4 Å². The Balaban J connectivity index is 0.00000312. The summed E-state index contributed by atoms with van der Waals surface area (Å²) in [5, 5.41) is 7.08. The van der Waals surface area contributed by atoms with Crippen molar-refractivity contribution in [1.29, 1.82) is 0 Å². The molecule has 0 aromatic carbocycles. The summed E-state index contributed by atoms with van der Waals surface area (Å²) in [6.07, 6.45) is 5.93. The number of aromatic nitrogens is 1. The summed E-state index contributed by atoms with van der Waals surface area (Å²) in [6, 6.07) is 4.19. The Bertz CT molecular complexity index is 586. The zero-order chi connectivity index (χ0) is 17.4. The van der Waals surface area contributed by atoms with E-state index in [-0.39, 0.29) is 24.0 Å². The maximum absolute atomic E-state index is 12.1. The number of aliphatic imine (C=N–C) groups is 1. The largest absolute Gasteiger partial charge is 0.481 e. The van der Waals surface area contributed by atoms with Gasteiger partial charge in [-0.3, -0.25) is 9.20 Å². The Morgan fingerprint density at radius 3 is 2.96 bits per heavy atom. The molecule has 142 valence electrons. The van der Waals surface area contributed by atoms with Gasteiger partial charge in [-0.15, -0.1) is 24.0 Å². The van der Waals surface area contributed by atoms with E-state index >= 15 is 0 Å². The third-order valence-corrected chi connectivity index (χ3v) is 6.08. The lowest BCUT2D eigenvalue weighted by Crippen LogP contribution is -2.46. The van der Waals surface area contributed by atoms with E-state index in [1.807, 2.05) is 19.1 Å². The molecule has 1 aromatic heterocycles. The average molecular weight is 480 g/mol. The van der Waals surface area contributed by atoms with Crippen molar-refractivity contribution in [1.82, 2.24) is 15.6 Å². The third kappa shape index (κ3) is 6.73. The molecule has 0 bridgehead atoms. The van der Waals surface area contributed by atoms with Gasteiger partial charge in [-0.1, -0.05) is 19.4 Å². The summed E-state index contributed by atoms with van der Waals surface area (Å²) in [5.74, 6) is 2.12. The van der Waals surface area contributed by atoms with Gasteiger partial charge >= 0.3 is 0 Å². The van der Waals surface area contributed by atoms with E-state index in [0.29, 0.717) is 23.7 Å². The standard InChI is InChI=1S/C17H28N4O2S.HI/c1-4-24(22)15-9-5-8-14(11-15)21-17(18-2)20-12-13-7-6-10-19-16(13)23-3;/h6-7,10,14-15H,4-5,8-9,11-12H2,1-3H3,(H2,18,20,21);1H. The topological polar surface area (TPSA) is 75.6 Å². The minimum absolute atomic E-state index is 0. The SMILES string of the molecule is CCS(=O)C1CCCC(NC(=NC)NCc2cccnc2OC)C1.I. The molecule has 0 radical (unpaired) electrons. The molecule has 0 amide bonds. The van der Waals surface area contributed by atoms with Crippen LogP contribution in [0.2, 0.25) is 0 Å². The van der Waals surface area contributed by atoms with E-state index in [1.165, 1.54) is 0 Å². The number of guanidine groups is 1. The lowest BCUT2D eigenvalue weighted by Gasteiger charge is -2.30. The van der Waals surface area contributed by atoms with Crippen LogP contribution in [0.3, 0.4) is 0 Å². The molecule has 0 aliphatic heterocycles. The van der Waals surface area contributed by atoms with Gasteiger partial charge in [-0.25, -0.2) is 4.98 Å². The first-order valence-corrected chi connectivity index (χ1v) is 9.88. The highest BCUT2D eigenvalue weighted by Crippen LogP contribution is 2.23. The number of methoxy groups -OCH3 is 1. The highest BCUT2D eigenvalue weighted by atomic mass is 127. The van der Waals surface area contributed by atoms with Gasteiger partial charge in [-0.05, 0) is 25.3 Å². The molecule has 6 nitrogen and oxygen atoms in total. The van der Waals surface area contributed by atoms with Crippen molar-refractivity contribution in [3.8, 4) is 5.88 Å². The van der Waals surface area contributed by atoms with Crippen molar-refractivity contribution in [2.75, 3.05) is 19.9 Å². The van der Waals surface area contributed by atoms with Crippen LogP contribution in [0, 0.1) is 0 Å². The summed E-state index contributed by atoms with van der Waals surface area (Å²) in [4.78, 5) is 8.50. The van der Waals surface area contributed by atoms with Crippen LogP contribution in [0.4, 0.5) is 0 Å². The average Bonchev–Trinajstić information content (AvgIpc) is 2.64. The number of nitrogens with zero attached hydrogens (tertiary/aromatic N) is 2. The van der Waals surface area contributed by atoms with E-state index in [0.717, 1.165) is 43.0 Å². The molecule has 8 heteroatoms. The Morgan fingerprint density at radius 2 is 2.28 bits per heavy atom. The molecule has 0 spiro atoms. The molecule has 1 aliphatic carbocycles. The Morgan fingerprint density at radius 1 is 1.48 bits per heavy atom. The normalized spacial score (nSPS) is 21.8. The zero-order valence-corrected chi connectivity index (χ0v) is 18.3. The lowest BCUT2D eigenvalue weighted by atomic mass is 9.95. The highest BCUT2D eigenvalue weighted by Gasteiger charge is 2.26. The molecule has 3 atom stereocenters. The van der Waals surface area contributed by atoms with Gasteiger partial charge < -0.3 is 15.4 Å². The second kappa shape index (κ2) is 11.7. The van der Waals surface area contributed by atoms with Crippen LogP contribution in [0.5, 0.6) is 5.88 Å². The summed E-state index contributed by atoms with van der Waals surface area (Å²) in [6.45, 7) is 2.59. The first-order valence-electron chi connectivity index (χ1n) is 8.50. The summed E-state index contributed by atoms with van der Waals surface area (Å²) in [7, 11) is 2.67. The predicted octanol–water partition coefficient (Wildman–Crippen LogP) is 2.45. The fourth-order valence-electron chi connectivity index (χ4n) is 3.06. The molecule has 1 aliphatic rings. The van der Waals surface area contributed by atoms with Crippen molar-refractivity contribution < 1.29 is 8.95 Å². The van der Waals surface area contributed by atoms with E-state index in [1.54, 1.807) is 20.4 Å². The quantitative estimate of drug-likeness (QED) is 0.372. The first-order chi connectivity index (χ1) is 11.7. The van der Waals surface area contributed by atoms with Crippen molar-refractivity contribution >= 4 is 40.7 Å². The van der Waals surface area contributed by atoms with Gasteiger partial charge in [0.2, 0.25) is 5.88 Å². The number of rotatable bonds is 6. The summed E-state index contributed by atoms with van der Waals surface area (Å²) < 4.78 is 17.3. The minimum atomic E-state index is -0.714. The van der Waals surface area contributed by atoms with Crippen molar-refractivity contribution in [3.05, 3.63) is 23.9 Å².